The van der Waals surface area contributed by atoms with Crippen molar-refractivity contribution in [1.29, 1.82) is 0 Å². The first-order valence-electron chi connectivity index (χ1n) is 7.81. The Bertz CT molecular complexity index is 640. The minimum Gasteiger partial charge on any atom is -0.494 e. The van der Waals surface area contributed by atoms with Gasteiger partial charge in [0.1, 0.15) is 5.75 Å². The van der Waals surface area contributed by atoms with Crippen LogP contribution < -0.4 is 15.8 Å². The van der Waals surface area contributed by atoms with Crippen molar-refractivity contribution >= 4 is 17.6 Å². The highest BCUT2D eigenvalue weighted by Crippen LogP contribution is 2.16. The standard InChI is InChI=1S/C17H23N5O/c1-3-4-5-12-23-15-8-6-14(7-9-15)21-16(18)22-17-19-11-10-13(2)20-17/h6-11H,3-5,12H2,1-2H3,(H3,18,19,20,21,22). The molecule has 0 bridgehead atoms. The number of nitrogens with zero attached hydrogens (tertiary/aromatic N) is 3. The molecule has 0 unspecified atom stereocenters. The number of nitrogens with two attached hydrogens (primary N) is 1. The Balaban J connectivity index is 1.89. The number of hydrogen-bond acceptors (Lipinski definition) is 4. The van der Waals surface area contributed by atoms with Gasteiger partial charge in [0.25, 0.3) is 5.95 Å². The van der Waals surface area contributed by atoms with E-state index in [1.54, 1.807) is 6.20 Å². The lowest BCUT2D eigenvalue weighted by Gasteiger charge is -2.08. The van der Waals surface area contributed by atoms with E-state index in [0.717, 1.165) is 30.2 Å². The quantitative estimate of drug-likeness (QED) is 0.465. The fourth-order valence-electron chi connectivity index (χ4n) is 1.95. The van der Waals surface area contributed by atoms with Crippen molar-refractivity contribution in [3.8, 4) is 5.75 Å². The Morgan fingerprint density at radius 3 is 2.70 bits per heavy atom. The van der Waals surface area contributed by atoms with Crippen LogP contribution in [0, 0.1) is 6.92 Å². The predicted octanol–water partition coefficient (Wildman–Crippen LogP) is 3.41. The number of nitrogens with one attached hydrogen (secondary N) is 1. The molecule has 1 aromatic heterocycles. The second kappa shape index (κ2) is 8.73. The zero-order valence-electron chi connectivity index (χ0n) is 13.6. The van der Waals surface area contributed by atoms with E-state index in [1.165, 1.54) is 12.8 Å². The molecule has 0 aliphatic heterocycles. The molecule has 0 radical (unpaired) electrons. The summed E-state index contributed by atoms with van der Waals surface area (Å²) >= 11 is 0. The van der Waals surface area contributed by atoms with Crippen molar-refractivity contribution < 1.29 is 4.74 Å². The van der Waals surface area contributed by atoms with Crippen LogP contribution in [-0.4, -0.2) is 22.5 Å². The van der Waals surface area contributed by atoms with E-state index in [2.05, 4.69) is 27.2 Å². The van der Waals surface area contributed by atoms with E-state index >= 15 is 0 Å². The summed E-state index contributed by atoms with van der Waals surface area (Å²) in [6, 6.07) is 9.42. The van der Waals surface area contributed by atoms with Gasteiger partial charge in [0.2, 0.25) is 5.96 Å². The van der Waals surface area contributed by atoms with Crippen molar-refractivity contribution in [3.05, 3.63) is 42.2 Å². The minimum absolute atomic E-state index is 0.243. The van der Waals surface area contributed by atoms with E-state index in [9.17, 15) is 0 Å². The van der Waals surface area contributed by atoms with Gasteiger partial charge in [-0.15, -0.1) is 0 Å². The Morgan fingerprint density at radius 1 is 1.22 bits per heavy atom. The largest absolute Gasteiger partial charge is 0.494 e. The summed E-state index contributed by atoms with van der Waals surface area (Å²) in [5.74, 6) is 1.43. The van der Waals surface area contributed by atoms with Gasteiger partial charge in [-0.05, 0) is 43.7 Å². The van der Waals surface area contributed by atoms with Crippen molar-refractivity contribution in [2.45, 2.75) is 33.1 Å². The second-order valence-corrected chi connectivity index (χ2v) is 5.20. The SMILES string of the molecule is CCCCCOc1ccc(N/C(N)=N/c2nccc(C)n2)cc1. The van der Waals surface area contributed by atoms with E-state index in [0.29, 0.717) is 5.95 Å². The third kappa shape index (κ3) is 5.94. The number of aliphatic imine (C=N–C) groups is 1. The molecule has 0 amide bonds. The van der Waals surface area contributed by atoms with Gasteiger partial charge in [-0.25, -0.2) is 9.97 Å². The van der Waals surface area contributed by atoms with Crippen molar-refractivity contribution in [3.63, 3.8) is 0 Å². The Kier molecular flexibility index (Phi) is 6.35. The smallest absolute Gasteiger partial charge is 0.252 e. The molecular weight excluding hydrogens is 290 g/mol. The summed E-state index contributed by atoms with van der Waals surface area (Å²) < 4.78 is 5.67. The fraction of sp³-hybridized carbons (Fsp3) is 0.353. The van der Waals surface area contributed by atoms with E-state index in [-0.39, 0.29) is 5.96 Å². The Hall–Kier alpha value is -2.63. The molecule has 2 rings (SSSR count). The molecule has 2 aromatic rings. The van der Waals surface area contributed by atoms with Crippen LogP contribution in [0.5, 0.6) is 5.75 Å². The summed E-state index contributed by atoms with van der Waals surface area (Å²) in [4.78, 5) is 12.4. The van der Waals surface area contributed by atoms with Crippen LogP contribution in [0.3, 0.4) is 0 Å². The third-order valence-electron chi connectivity index (χ3n) is 3.15. The molecule has 0 saturated heterocycles. The lowest BCUT2D eigenvalue weighted by molar-refractivity contribution is 0.306. The maximum absolute atomic E-state index is 5.87. The Morgan fingerprint density at radius 2 is 2.00 bits per heavy atom. The van der Waals surface area contributed by atoms with Crippen LogP contribution in [0.2, 0.25) is 0 Å². The highest BCUT2D eigenvalue weighted by atomic mass is 16.5. The summed E-state index contributed by atoms with van der Waals surface area (Å²) in [5.41, 5.74) is 7.54. The summed E-state index contributed by atoms with van der Waals surface area (Å²) in [6.45, 7) is 4.80. The van der Waals surface area contributed by atoms with Gasteiger partial charge < -0.3 is 15.8 Å². The average molecular weight is 313 g/mol. The van der Waals surface area contributed by atoms with Gasteiger partial charge in [-0.3, -0.25) is 0 Å². The zero-order chi connectivity index (χ0) is 16.5. The van der Waals surface area contributed by atoms with Crippen LogP contribution in [0.15, 0.2) is 41.5 Å². The summed E-state index contributed by atoms with van der Waals surface area (Å²) in [5, 5.41) is 3.01. The van der Waals surface area contributed by atoms with Crippen molar-refractivity contribution in [2.24, 2.45) is 10.7 Å². The van der Waals surface area contributed by atoms with Gasteiger partial charge >= 0.3 is 0 Å². The Labute approximate surface area is 136 Å². The minimum atomic E-state index is 0.243. The first kappa shape index (κ1) is 16.7. The molecule has 6 nitrogen and oxygen atoms in total. The van der Waals surface area contributed by atoms with Gasteiger partial charge in [-0.2, -0.15) is 4.99 Å². The zero-order valence-corrected chi connectivity index (χ0v) is 13.6. The third-order valence-corrected chi connectivity index (χ3v) is 3.15. The first-order valence-corrected chi connectivity index (χ1v) is 7.81. The second-order valence-electron chi connectivity index (χ2n) is 5.20. The van der Waals surface area contributed by atoms with Gasteiger partial charge in [-0.1, -0.05) is 19.8 Å². The molecule has 0 atom stereocenters. The highest BCUT2D eigenvalue weighted by molar-refractivity contribution is 5.93. The molecule has 0 aliphatic rings. The van der Waals surface area contributed by atoms with E-state index in [1.807, 2.05) is 37.3 Å². The molecule has 3 N–H and O–H groups in total. The number of anilines is 1. The number of rotatable bonds is 7. The lowest BCUT2D eigenvalue weighted by Crippen LogP contribution is -2.22. The molecule has 1 aromatic carbocycles. The molecule has 6 heteroatoms. The maximum Gasteiger partial charge on any atom is 0.252 e. The number of aryl methyl sites for hydroxylation is 1. The number of ether oxygens (including phenoxy) is 1. The number of aromatic nitrogens is 2. The van der Waals surface area contributed by atoms with Crippen LogP contribution in [0.25, 0.3) is 0 Å². The van der Waals surface area contributed by atoms with Crippen LogP contribution in [-0.2, 0) is 0 Å². The van der Waals surface area contributed by atoms with E-state index < -0.39 is 0 Å². The molecule has 122 valence electrons. The number of benzene rings is 1. The van der Waals surface area contributed by atoms with Crippen molar-refractivity contribution in [1.82, 2.24) is 9.97 Å². The number of unbranched alkanes of at least 4 members (excludes halogenated alkanes) is 2. The molecule has 0 aliphatic carbocycles. The monoisotopic (exact) mass is 313 g/mol. The molecule has 1 heterocycles. The van der Waals surface area contributed by atoms with Crippen LogP contribution in [0.1, 0.15) is 31.9 Å². The topological polar surface area (TPSA) is 85.4 Å². The van der Waals surface area contributed by atoms with Gasteiger partial charge in [0.05, 0.1) is 6.61 Å². The van der Waals surface area contributed by atoms with Crippen LogP contribution >= 0.6 is 0 Å². The summed E-state index contributed by atoms with van der Waals surface area (Å²) in [7, 11) is 0. The molecule has 0 fully saturated rings. The number of hydrogen-bond donors (Lipinski definition) is 2. The molecule has 0 spiro atoms. The molecule has 0 saturated carbocycles. The predicted molar refractivity (Wildman–Crippen MR) is 93.1 cm³/mol. The number of guanidine groups is 1. The molecule has 23 heavy (non-hydrogen) atoms. The average Bonchev–Trinajstić information content (AvgIpc) is 2.53. The fourth-order valence-corrected chi connectivity index (χ4v) is 1.95. The normalized spacial score (nSPS) is 11.3. The van der Waals surface area contributed by atoms with Gasteiger partial charge in [0, 0.05) is 17.6 Å². The molecular formula is C17H23N5O. The van der Waals surface area contributed by atoms with E-state index in [4.69, 9.17) is 10.5 Å². The lowest BCUT2D eigenvalue weighted by atomic mass is 10.2. The van der Waals surface area contributed by atoms with Gasteiger partial charge in [0.15, 0.2) is 0 Å². The summed E-state index contributed by atoms with van der Waals surface area (Å²) in [6.07, 6.45) is 5.11. The van der Waals surface area contributed by atoms with Crippen LogP contribution in [0.4, 0.5) is 11.6 Å². The highest BCUT2D eigenvalue weighted by Gasteiger charge is 1.99. The first-order chi connectivity index (χ1) is 11.2. The van der Waals surface area contributed by atoms with Crippen molar-refractivity contribution in [2.75, 3.05) is 11.9 Å². The maximum atomic E-state index is 5.87.